The van der Waals surface area contributed by atoms with E-state index in [2.05, 4.69) is 92.0 Å². The average molecular weight is 427 g/mol. The van der Waals surface area contributed by atoms with Crippen molar-refractivity contribution < 1.29 is 8.85 Å². The van der Waals surface area contributed by atoms with E-state index in [0.29, 0.717) is 10.1 Å². The first-order chi connectivity index (χ1) is 12.7. The van der Waals surface area contributed by atoms with Crippen LogP contribution in [-0.2, 0) is 8.85 Å². The zero-order valence-corrected chi connectivity index (χ0v) is 22.8. The van der Waals surface area contributed by atoms with Crippen LogP contribution in [0, 0.1) is 0 Å². The minimum atomic E-state index is -1.57. The van der Waals surface area contributed by atoms with Crippen molar-refractivity contribution >= 4 is 16.6 Å². The first-order valence-corrected chi connectivity index (χ1v) is 17.1. The minimum absolute atomic E-state index is 0.312. The number of allylic oxidation sites excluding steroid dienone is 4. The summed E-state index contributed by atoms with van der Waals surface area (Å²) in [6.45, 7) is 24.9. The SMILES string of the molecule is CC(C)(C)[Si](C)(C)OCCC/C=C/CC/C=C/CCCO[Si](C)(C)C(C)(C)C. The van der Waals surface area contributed by atoms with Crippen molar-refractivity contribution in [3.05, 3.63) is 24.3 Å². The normalized spacial score (nSPS) is 14.5. The van der Waals surface area contributed by atoms with E-state index < -0.39 is 16.6 Å². The van der Waals surface area contributed by atoms with Gasteiger partial charge in [-0.1, -0.05) is 65.8 Å². The number of rotatable bonds is 13. The fourth-order valence-electron chi connectivity index (χ4n) is 2.15. The Kier molecular flexibility index (Phi) is 12.4. The molecule has 0 radical (unpaired) electrons. The van der Waals surface area contributed by atoms with E-state index in [1.807, 2.05) is 0 Å². The predicted octanol–water partition coefficient (Wildman–Crippen LogP) is 8.48. The van der Waals surface area contributed by atoms with Gasteiger partial charge in [0.1, 0.15) is 0 Å². The van der Waals surface area contributed by atoms with Crippen molar-refractivity contribution in [3.63, 3.8) is 0 Å². The molecule has 0 heterocycles. The standard InChI is InChI=1S/C24H50O2Si2/c1-23(2,3)27(7,8)25-21-19-17-15-13-11-12-14-16-18-20-22-26-28(9,10)24(4,5)6/h13-16H,11-12,17-22H2,1-10H3/b15-13+,16-14+. The Morgan fingerprint density at radius 1 is 0.536 bits per heavy atom. The van der Waals surface area contributed by atoms with Crippen LogP contribution in [0.2, 0.25) is 36.3 Å². The summed E-state index contributed by atoms with van der Waals surface area (Å²) in [5.74, 6) is 0. The molecule has 0 aliphatic carbocycles. The molecule has 28 heavy (non-hydrogen) atoms. The van der Waals surface area contributed by atoms with Gasteiger partial charge in [-0.05, 0) is 74.8 Å². The molecule has 0 aromatic carbocycles. The Labute approximate surface area is 179 Å². The number of hydrogen-bond donors (Lipinski definition) is 0. The van der Waals surface area contributed by atoms with Crippen molar-refractivity contribution in [2.45, 2.75) is 116 Å². The van der Waals surface area contributed by atoms with E-state index in [-0.39, 0.29) is 0 Å². The highest BCUT2D eigenvalue weighted by atomic mass is 28.4. The van der Waals surface area contributed by atoms with Crippen LogP contribution < -0.4 is 0 Å². The van der Waals surface area contributed by atoms with Crippen LogP contribution >= 0.6 is 0 Å². The van der Waals surface area contributed by atoms with Crippen molar-refractivity contribution in [1.29, 1.82) is 0 Å². The summed E-state index contributed by atoms with van der Waals surface area (Å²) in [7, 11) is -3.13. The monoisotopic (exact) mass is 426 g/mol. The molecule has 0 bridgehead atoms. The third kappa shape index (κ3) is 11.7. The van der Waals surface area contributed by atoms with Gasteiger partial charge in [0.2, 0.25) is 0 Å². The topological polar surface area (TPSA) is 18.5 Å². The molecule has 0 rings (SSSR count). The second-order valence-corrected chi connectivity index (χ2v) is 20.6. The largest absolute Gasteiger partial charge is 0.417 e. The van der Waals surface area contributed by atoms with Gasteiger partial charge in [-0.15, -0.1) is 0 Å². The van der Waals surface area contributed by atoms with Gasteiger partial charge in [0.05, 0.1) is 0 Å². The van der Waals surface area contributed by atoms with Gasteiger partial charge < -0.3 is 8.85 Å². The molecular weight excluding hydrogens is 376 g/mol. The maximum absolute atomic E-state index is 6.21. The van der Waals surface area contributed by atoms with Crippen molar-refractivity contribution in [3.8, 4) is 0 Å². The Morgan fingerprint density at radius 2 is 0.821 bits per heavy atom. The molecule has 0 N–H and O–H groups in total. The minimum Gasteiger partial charge on any atom is -0.417 e. The van der Waals surface area contributed by atoms with Gasteiger partial charge in [0.25, 0.3) is 0 Å². The van der Waals surface area contributed by atoms with Gasteiger partial charge in [0, 0.05) is 13.2 Å². The lowest BCUT2D eigenvalue weighted by Crippen LogP contribution is -2.40. The smallest absolute Gasteiger partial charge is 0.191 e. The Morgan fingerprint density at radius 3 is 1.11 bits per heavy atom. The van der Waals surface area contributed by atoms with E-state index in [4.69, 9.17) is 8.85 Å². The van der Waals surface area contributed by atoms with Gasteiger partial charge in [-0.3, -0.25) is 0 Å². The van der Waals surface area contributed by atoms with Crippen LogP contribution in [0.1, 0.15) is 80.1 Å². The molecule has 0 aliphatic rings. The van der Waals surface area contributed by atoms with Gasteiger partial charge in [0.15, 0.2) is 16.6 Å². The van der Waals surface area contributed by atoms with E-state index in [9.17, 15) is 0 Å². The first kappa shape index (κ1) is 27.8. The second kappa shape index (κ2) is 12.5. The van der Waals surface area contributed by atoms with Gasteiger partial charge in [-0.2, -0.15) is 0 Å². The average Bonchev–Trinajstić information content (AvgIpc) is 2.52. The first-order valence-electron chi connectivity index (χ1n) is 11.3. The molecular formula is C24H50O2Si2. The summed E-state index contributed by atoms with van der Waals surface area (Å²) in [5.41, 5.74) is 0. The second-order valence-electron chi connectivity index (χ2n) is 11.0. The molecule has 0 amide bonds. The summed E-state index contributed by atoms with van der Waals surface area (Å²) in [4.78, 5) is 0. The lowest BCUT2D eigenvalue weighted by Gasteiger charge is -2.36. The van der Waals surface area contributed by atoms with Crippen molar-refractivity contribution in [2.75, 3.05) is 13.2 Å². The molecule has 0 fully saturated rings. The molecule has 0 aromatic heterocycles. The molecule has 0 atom stereocenters. The van der Waals surface area contributed by atoms with Crippen molar-refractivity contribution in [1.82, 2.24) is 0 Å². The van der Waals surface area contributed by atoms with Crippen LogP contribution in [0.3, 0.4) is 0 Å². The maximum Gasteiger partial charge on any atom is 0.191 e. The van der Waals surface area contributed by atoms with E-state index in [1.165, 1.54) is 0 Å². The molecule has 4 heteroatoms. The Bertz CT molecular complexity index is 422. The summed E-state index contributed by atoms with van der Waals surface area (Å²) in [5, 5.41) is 0.623. The van der Waals surface area contributed by atoms with Gasteiger partial charge >= 0.3 is 0 Å². The number of hydrogen-bond acceptors (Lipinski definition) is 2. The maximum atomic E-state index is 6.21. The number of unbranched alkanes of at least 4 members (excludes halogenated alkanes) is 3. The summed E-state index contributed by atoms with van der Waals surface area (Å²) >= 11 is 0. The third-order valence-corrected chi connectivity index (χ3v) is 15.5. The van der Waals surface area contributed by atoms with E-state index >= 15 is 0 Å². The highest BCUT2D eigenvalue weighted by molar-refractivity contribution is 6.74. The highest BCUT2D eigenvalue weighted by Crippen LogP contribution is 2.37. The molecule has 0 unspecified atom stereocenters. The zero-order chi connectivity index (χ0) is 21.9. The molecule has 0 aromatic rings. The Hall–Kier alpha value is -0.166. The third-order valence-electron chi connectivity index (χ3n) is 6.40. The summed E-state index contributed by atoms with van der Waals surface area (Å²) < 4.78 is 12.4. The predicted molar refractivity (Wildman–Crippen MR) is 132 cm³/mol. The fourth-order valence-corrected chi connectivity index (χ4v) is 4.33. The van der Waals surface area contributed by atoms with Crippen molar-refractivity contribution in [2.24, 2.45) is 0 Å². The van der Waals surface area contributed by atoms with Crippen LogP contribution in [0.25, 0.3) is 0 Å². The van der Waals surface area contributed by atoms with Crippen LogP contribution in [0.5, 0.6) is 0 Å². The quantitative estimate of drug-likeness (QED) is 0.167. The van der Waals surface area contributed by atoms with E-state index in [1.54, 1.807) is 0 Å². The summed E-state index contributed by atoms with van der Waals surface area (Å²) in [6, 6.07) is 0. The van der Waals surface area contributed by atoms with Crippen LogP contribution in [-0.4, -0.2) is 29.8 Å². The summed E-state index contributed by atoms with van der Waals surface area (Å²) in [6.07, 6.45) is 16.1. The van der Waals surface area contributed by atoms with Gasteiger partial charge in [-0.25, -0.2) is 0 Å². The molecule has 166 valence electrons. The lowest BCUT2D eigenvalue weighted by atomic mass is 10.2. The lowest BCUT2D eigenvalue weighted by molar-refractivity contribution is 0.283. The molecule has 0 saturated carbocycles. The zero-order valence-electron chi connectivity index (χ0n) is 20.8. The fraction of sp³-hybridized carbons (Fsp3) is 0.833. The Balaban J connectivity index is 3.68. The molecule has 2 nitrogen and oxygen atoms in total. The van der Waals surface area contributed by atoms with Crippen LogP contribution in [0.15, 0.2) is 24.3 Å². The molecule has 0 spiro atoms. The molecule has 0 aliphatic heterocycles. The highest BCUT2D eigenvalue weighted by Gasteiger charge is 2.37. The molecule has 0 saturated heterocycles. The van der Waals surface area contributed by atoms with Crippen LogP contribution in [0.4, 0.5) is 0 Å². The van der Waals surface area contributed by atoms with E-state index in [0.717, 1.165) is 51.7 Å².